The first kappa shape index (κ1) is 14.0. The van der Waals surface area contributed by atoms with Crippen LogP contribution in [-0.2, 0) is 14.3 Å². The van der Waals surface area contributed by atoms with Crippen molar-refractivity contribution in [2.24, 2.45) is 0 Å². The van der Waals surface area contributed by atoms with E-state index in [2.05, 4.69) is 20.1 Å². The average molecular weight is 295 g/mol. The molecule has 20 heavy (non-hydrogen) atoms. The van der Waals surface area contributed by atoms with Crippen LogP contribution in [-0.4, -0.2) is 33.2 Å². The lowest BCUT2D eigenvalue weighted by atomic mass is 10.4. The van der Waals surface area contributed by atoms with E-state index in [1.54, 1.807) is 25.3 Å². The molecule has 0 aliphatic heterocycles. The number of anilines is 1. The normalized spacial score (nSPS) is 10.1. The third-order valence-electron chi connectivity index (χ3n) is 2.25. The van der Waals surface area contributed by atoms with Crippen LogP contribution in [0.2, 0.25) is 5.02 Å². The number of aromatic nitrogens is 3. The van der Waals surface area contributed by atoms with Crippen molar-refractivity contribution in [3.63, 3.8) is 0 Å². The molecule has 0 atom stereocenters. The van der Waals surface area contributed by atoms with Crippen molar-refractivity contribution in [2.75, 3.05) is 11.9 Å². The lowest BCUT2D eigenvalue weighted by molar-refractivity contribution is -0.152. The minimum absolute atomic E-state index is 0.142. The quantitative estimate of drug-likeness (QED) is 0.683. The Balaban J connectivity index is 2.05. The Hall–Kier alpha value is -2.41. The van der Waals surface area contributed by atoms with Gasteiger partial charge in [0.15, 0.2) is 5.82 Å². The number of carbonyl (C=O) groups is 2. The highest BCUT2D eigenvalue weighted by Crippen LogP contribution is 2.12. The van der Waals surface area contributed by atoms with Gasteiger partial charge in [0.2, 0.25) is 0 Å². The minimum Gasteiger partial charge on any atom is -0.459 e. The predicted octanol–water partition coefficient (Wildman–Crippen LogP) is 1.42. The SMILES string of the molecule is CCOC(=O)C(=O)Nc1ccc(-n2cc(Cl)cn2)nc1. The van der Waals surface area contributed by atoms with Crippen LogP contribution in [0.15, 0.2) is 30.7 Å². The first-order valence-corrected chi connectivity index (χ1v) is 6.12. The van der Waals surface area contributed by atoms with Gasteiger partial charge in [-0.1, -0.05) is 11.6 Å². The largest absolute Gasteiger partial charge is 0.459 e. The van der Waals surface area contributed by atoms with E-state index in [0.29, 0.717) is 16.5 Å². The number of rotatable bonds is 3. The van der Waals surface area contributed by atoms with E-state index in [1.165, 1.54) is 17.1 Å². The number of hydrogen-bond acceptors (Lipinski definition) is 5. The standard InChI is InChI=1S/C12H11ClN4O3/c1-2-20-12(19)11(18)16-9-3-4-10(14-6-9)17-7-8(13)5-15-17/h3-7H,2H2,1H3,(H,16,18). The van der Waals surface area contributed by atoms with Crippen LogP contribution >= 0.6 is 11.6 Å². The topological polar surface area (TPSA) is 86.1 Å². The van der Waals surface area contributed by atoms with Gasteiger partial charge in [-0.25, -0.2) is 14.5 Å². The Kier molecular flexibility index (Phi) is 4.31. The maximum atomic E-state index is 11.4. The predicted molar refractivity (Wildman–Crippen MR) is 71.6 cm³/mol. The third-order valence-corrected chi connectivity index (χ3v) is 2.45. The number of halogens is 1. The molecule has 0 aliphatic carbocycles. The number of hydrogen-bond donors (Lipinski definition) is 1. The molecule has 0 saturated carbocycles. The van der Waals surface area contributed by atoms with Crippen molar-refractivity contribution in [1.82, 2.24) is 14.8 Å². The molecule has 1 amide bonds. The summed E-state index contributed by atoms with van der Waals surface area (Å²) in [5.74, 6) is -1.25. The summed E-state index contributed by atoms with van der Waals surface area (Å²) in [4.78, 5) is 26.7. The Labute approximate surface area is 119 Å². The van der Waals surface area contributed by atoms with Gasteiger partial charge >= 0.3 is 11.9 Å². The molecule has 104 valence electrons. The molecule has 2 aromatic rings. The fraction of sp³-hybridized carbons (Fsp3) is 0.167. The summed E-state index contributed by atoms with van der Waals surface area (Å²) in [5.41, 5.74) is 0.380. The molecular weight excluding hydrogens is 284 g/mol. The van der Waals surface area contributed by atoms with Gasteiger partial charge in [-0.05, 0) is 19.1 Å². The van der Waals surface area contributed by atoms with Crippen LogP contribution in [0.25, 0.3) is 5.82 Å². The molecule has 0 radical (unpaired) electrons. The highest BCUT2D eigenvalue weighted by Gasteiger charge is 2.14. The van der Waals surface area contributed by atoms with Gasteiger partial charge in [0.05, 0.1) is 35.9 Å². The molecule has 2 aromatic heterocycles. The first-order valence-electron chi connectivity index (χ1n) is 5.75. The summed E-state index contributed by atoms with van der Waals surface area (Å²) in [7, 11) is 0. The highest BCUT2D eigenvalue weighted by molar-refractivity contribution is 6.37. The molecule has 0 spiro atoms. The highest BCUT2D eigenvalue weighted by atomic mass is 35.5. The smallest absolute Gasteiger partial charge is 0.397 e. The summed E-state index contributed by atoms with van der Waals surface area (Å²) in [6, 6.07) is 3.22. The van der Waals surface area contributed by atoms with Gasteiger partial charge in [-0.3, -0.25) is 4.79 Å². The lowest BCUT2D eigenvalue weighted by Gasteiger charge is -2.05. The molecule has 7 nitrogen and oxygen atoms in total. The molecule has 0 aliphatic rings. The van der Waals surface area contributed by atoms with Gasteiger partial charge in [0, 0.05) is 0 Å². The number of nitrogens with zero attached hydrogens (tertiary/aromatic N) is 3. The van der Waals surface area contributed by atoms with Gasteiger partial charge in [0.1, 0.15) is 0 Å². The molecule has 1 N–H and O–H groups in total. The molecular formula is C12H11ClN4O3. The second-order valence-electron chi connectivity index (χ2n) is 3.68. The molecule has 2 rings (SSSR count). The zero-order chi connectivity index (χ0) is 14.5. The van der Waals surface area contributed by atoms with Crippen LogP contribution in [0.5, 0.6) is 0 Å². The molecule has 0 aromatic carbocycles. The fourth-order valence-electron chi connectivity index (χ4n) is 1.40. The van der Waals surface area contributed by atoms with Crippen molar-refractivity contribution < 1.29 is 14.3 Å². The Morgan fingerprint density at radius 2 is 2.20 bits per heavy atom. The summed E-state index contributed by atoms with van der Waals surface area (Å²) >= 11 is 5.76. The summed E-state index contributed by atoms with van der Waals surface area (Å²) in [6.07, 6.45) is 4.49. The van der Waals surface area contributed by atoms with Crippen LogP contribution in [0, 0.1) is 0 Å². The van der Waals surface area contributed by atoms with Crippen LogP contribution in [0.1, 0.15) is 6.92 Å². The fourth-order valence-corrected chi connectivity index (χ4v) is 1.54. The van der Waals surface area contributed by atoms with Crippen molar-refractivity contribution in [1.29, 1.82) is 0 Å². The summed E-state index contributed by atoms with van der Waals surface area (Å²) in [5, 5.41) is 6.86. The zero-order valence-corrected chi connectivity index (χ0v) is 11.3. The van der Waals surface area contributed by atoms with E-state index in [9.17, 15) is 9.59 Å². The number of pyridine rings is 1. The molecule has 0 unspecified atom stereocenters. The van der Waals surface area contributed by atoms with Crippen molar-refractivity contribution in [2.45, 2.75) is 6.92 Å². The minimum atomic E-state index is -0.935. The molecule has 0 fully saturated rings. The summed E-state index contributed by atoms with van der Waals surface area (Å²) in [6.45, 7) is 1.76. The molecule has 2 heterocycles. The maximum absolute atomic E-state index is 11.4. The number of ether oxygens (including phenoxy) is 1. The second kappa shape index (κ2) is 6.16. The Bertz CT molecular complexity index is 624. The Morgan fingerprint density at radius 3 is 2.75 bits per heavy atom. The van der Waals surface area contributed by atoms with Crippen LogP contribution < -0.4 is 5.32 Å². The van der Waals surface area contributed by atoms with Crippen molar-refractivity contribution in [3.8, 4) is 5.82 Å². The zero-order valence-electron chi connectivity index (χ0n) is 10.5. The molecule has 0 bridgehead atoms. The van der Waals surface area contributed by atoms with Gasteiger partial charge in [-0.2, -0.15) is 5.10 Å². The van der Waals surface area contributed by atoms with E-state index in [0.717, 1.165) is 0 Å². The van der Waals surface area contributed by atoms with Gasteiger partial charge < -0.3 is 10.1 Å². The van der Waals surface area contributed by atoms with Crippen LogP contribution in [0.4, 0.5) is 5.69 Å². The third kappa shape index (κ3) is 3.33. The van der Waals surface area contributed by atoms with Crippen molar-refractivity contribution >= 4 is 29.2 Å². The number of carbonyl (C=O) groups excluding carboxylic acids is 2. The number of amides is 1. The van der Waals surface area contributed by atoms with Gasteiger partial charge in [-0.15, -0.1) is 0 Å². The van der Waals surface area contributed by atoms with Crippen LogP contribution in [0.3, 0.4) is 0 Å². The van der Waals surface area contributed by atoms with E-state index in [-0.39, 0.29) is 6.61 Å². The van der Waals surface area contributed by atoms with Crippen molar-refractivity contribution in [3.05, 3.63) is 35.7 Å². The average Bonchev–Trinajstić information content (AvgIpc) is 2.86. The first-order chi connectivity index (χ1) is 9.60. The van der Waals surface area contributed by atoms with E-state index < -0.39 is 11.9 Å². The summed E-state index contributed by atoms with van der Waals surface area (Å²) < 4.78 is 6.06. The molecule has 8 heteroatoms. The molecule has 0 saturated heterocycles. The lowest BCUT2D eigenvalue weighted by Crippen LogP contribution is -2.25. The van der Waals surface area contributed by atoms with E-state index in [1.807, 2.05) is 0 Å². The van der Waals surface area contributed by atoms with Gasteiger partial charge in [0.25, 0.3) is 0 Å². The Morgan fingerprint density at radius 1 is 1.40 bits per heavy atom. The van der Waals surface area contributed by atoms with E-state index >= 15 is 0 Å². The maximum Gasteiger partial charge on any atom is 0.397 e. The van der Waals surface area contributed by atoms with E-state index in [4.69, 9.17) is 11.6 Å². The number of esters is 1. The second-order valence-corrected chi connectivity index (χ2v) is 4.12. The monoisotopic (exact) mass is 294 g/mol. The number of nitrogens with one attached hydrogen (secondary N) is 1.